The number of likely N-dealkylation sites (N-methyl/N-ethyl adjacent to an activating group) is 1. The van der Waals surface area contributed by atoms with Gasteiger partial charge in [-0.25, -0.2) is 15.0 Å². The lowest BCUT2D eigenvalue weighted by Gasteiger charge is -2.32. The van der Waals surface area contributed by atoms with Gasteiger partial charge >= 0.3 is 0 Å². The topological polar surface area (TPSA) is 101 Å². The number of carbonyl (C=O) groups excluding carboxylic acids is 1. The lowest BCUT2D eigenvalue weighted by Crippen LogP contribution is -2.47. The molecule has 0 bridgehead atoms. The van der Waals surface area contributed by atoms with Gasteiger partial charge < -0.3 is 15.5 Å². The van der Waals surface area contributed by atoms with Gasteiger partial charge in [0.05, 0.1) is 28.7 Å². The molecule has 0 spiro atoms. The minimum absolute atomic E-state index is 0.0254. The molecule has 0 aromatic carbocycles. The van der Waals surface area contributed by atoms with Crippen molar-refractivity contribution in [2.24, 2.45) is 0 Å². The van der Waals surface area contributed by atoms with Crippen LogP contribution in [0.5, 0.6) is 0 Å². The first kappa shape index (κ1) is 19.7. The van der Waals surface area contributed by atoms with Crippen LogP contribution in [-0.2, 0) is 0 Å². The van der Waals surface area contributed by atoms with Crippen LogP contribution in [-0.4, -0.2) is 68.9 Å². The molecule has 4 rings (SSSR count). The molecule has 2 N–H and O–H groups in total. The van der Waals surface area contributed by atoms with E-state index in [1.807, 2.05) is 18.7 Å². The van der Waals surface area contributed by atoms with E-state index in [2.05, 4.69) is 43.7 Å². The van der Waals surface area contributed by atoms with Crippen LogP contribution in [0.2, 0.25) is 0 Å². The molecule has 0 aliphatic carbocycles. The molecule has 0 saturated carbocycles. The number of carbonyl (C=O) groups is 1. The first-order valence-corrected chi connectivity index (χ1v) is 9.76. The van der Waals surface area contributed by atoms with E-state index in [1.165, 1.54) is 0 Å². The second kappa shape index (κ2) is 8.05. The minimum atomic E-state index is -0.0254. The molecule has 1 aliphatic heterocycles. The zero-order valence-electron chi connectivity index (χ0n) is 17.3. The highest BCUT2D eigenvalue weighted by atomic mass is 16.2. The maximum absolute atomic E-state index is 12.8. The van der Waals surface area contributed by atoms with Gasteiger partial charge in [-0.05, 0) is 27.0 Å². The van der Waals surface area contributed by atoms with Gasteiger partial charge in [-0.3, -0.25) is 9.78 Å². The van der Waals surface area contributed by atoms with Crippen molar-refractivity contribution in [2.75, 3.05) is 39.0 Å². The van der Waals surface area contributed by atoms with Crippen molar-refractivity contribution in [3.8, 4) is 11.8 Å². The molecule has 30 heavy (non-hydrogen) atoms. The first-order chi connectivity index (χ1) is 14.4. The van der Waals surface area contributed by atoms with Crippen LogP contribution in [0.4, 0.5) is 5.82 Å². The van der Waals surface area contributed by atoms with Crippen molar-refractivity contribution in [2.45, 2.75) is 13.8 Å². The maximum atomic E-state index is 12.8. The Balaban J connectivity index is 1.65. The average molecular weight is 401 g/mol. The van der Waals surface area contributed by atoms with Crippen LogP contribution >= 0.6 is 0 Å². The Morgan fingerprint density at radius 2 is 1.77 bits per heavy atom. The predicted molar refractivity (Wildman–Crippen MR) is 115 cm³/mol. The fraction of sp³-hybridized carbons (Fsp3) is 0.318. The highest BCUT2D eigenvalue weighted by Crippen LogP contribution is 2.20. The van der Waals surface area contributed by atoms with E-state index in [0.717, 1.165) is 24.5 Å². The molecular formula is C22H23N7O. The van der Waals surface area contributed by atoms with E-state index < -0.39 is 0 Å². The molecule has 3 aromatic heterocycles. The summed E-state index contributed by atoms with van der Waals surface area (Å²) in [6.45, 7) is 6.95. The molecule has 1 aliphatic rings. The number of aromatic nitrogens is 4. The van der Waals surface area contributed by atoms with Crippen LogP contribution in [0.3, 0.4) is 0 Å². The molecule has 8 heteroatoms. The minimum Gasteiger partial charge on any atom is -0.383 e. The number of fused-ring (bicyclic) bond motifs is 1. The molecule has 1 fully saturated rings. The van der Waals surface area contributed by atoms with E-state index in [1.54, 1.807) is 24.7 Å². The lowest BCUT2D eigenvalue weighted by molar-refractivity contribution is 0.0663. The van der Waals surface area contributed by atoms with Crippen molar-refractivity contribution in [3.05, 3.63) is 52.7 Å². The monoisotopic (exact) mass is 401 g/mol. The summed E-state index contributed by atoms with van der Waals surface area (Å²) in [7, 11) is 2.06. The summed E-state index contributed by atoms with van der Waals surface area (Å²) in [5.74, 6) is 6.38. The van der Waals surface area contributed by atoms with Gasteiger partial charge in [-0.15, -0.1) is 0 Å². The summed E-state index contributed by atoms with van der Waals surface area (Å²) >= 11 is 0. The van der Waals surface area contributed by atoms with Crippen molar-refractivity contribution >= 4 is 22.8 Å². The van der Waals surface area contributed by atoms with E-state index in [4.69, 9.17) is 5.73 Å². The quantitative estimate of drug-likeness (QED) is 0.615. The number of pyridine rings is 2. The fourth-order valence-corrected chi connectivity index (χ4v) is 3.29. The van der Waals surface area contributed by atoms with Gasteiger partial charge in [0.2, 0.25) is 0 Å². The number of amides is 1. The fourth-order valence-electron chi connectivity index (χ4n) is 3.29. The Bertz CT molecular complexity index is 1190. The van der Waals surface area contributed by atoms with E-state index >= 15 is 0 Å². The number of hydrogen-bond acceptors (Lipinski definition) is 7. The van der Waals surface area contributed by atoms with Gasteiger partial charge in [0.1, 0.15) is 16.9 Å². The van der Waals surface area contributed by atoms with E-state index in [0.29, 0.717) is 46.6 Å². The number of aryl methyl sites for hydroxylation is 2. The van der Waals surface area contributed by atoms with Gasteiger partial charge in [0, 0.05) is 44.1 Å². The molecule has 1 saturated heterocycles. The van der Waals surface area contributed by atoms with E-state index in [-0.39, 0.29) is 5.91 Å². The predicted octanol–water partition coefficient (Wildman–Crippen LogP) is 1.41. The Morgan fingerprint density at radius 1 is 1.03 bits per heavy atom. The van der Waals surface area contributed by atoms with Gasteiger partial charge in [0.25, 0.3) is 5.91 Å². The third-order valence-corrected chi connectivity index (χ3v) is 5.26. The van der Waals surface area contributed by atoms with Crippen LogP contribution in [0, 0.1) is 25.7 Å². The summed E-state index contributed by atoms with van der Waals surface area (Å²) in [6, 6.07) is 1.76. The highest BCUT2D eigenvalue weighted by Gasteiger charge is 2.20. The summed E-state index contributed by atoms with van der Waals surface area (Å²) in [4.78, 5) is 34.4. The van der Waals surface area contributed by atoms with Gasteiger partial charge in [-0.1, -0.05) is 11.8 Å². The van der Waals surface area contributed by atoms with Crippen molar-refractivity contribution in [3.63, 3.8) is 0 Å². The van der Waals surface area contributed by atoms with Crippen molar-refractivity contribution in [1.29, 1.82) is 0 Å². The third kappa shape index (κ3) is 3.93. The smallest absolute Gasteiger partial charge is 0.255 e. The Kier molecular flexibility index (Phi) is 5.29. The molecule has 0 unspecified atom stereocenters. The molecule has 4 heterocycles. The number of anilines is 1. The maximum Gasteiger partial charge on any atom is 0.255 e. The van der Waals surface area contributed by atoms with Crippen molar-refractivity contribution in [1.82, 2.24) is 29.7 Å². The third-order valence-electron chi connectivity index (χ3n) is 5.26. The molecule has 1 amide bonds. The van der Waals surface area contributed by atoms with Crippen LogP contribution < -0.4 is 5.73 Å². The van der Waals surface area contributed by atoms with Crippen molar-refractivity contribution < 1.29 is 4.79 Å². The molecule has 152 valence electrons. The highest BCUT2D eigenvalue weighted by molar-refractivity contribution is 5.94. The van der Waals surface area contributed by atoms with Crippen LogP contribution in [0.15, 0.2) is 24.7 Å². The first-order valence-electron chi connectivity index (χ1n) is 9.76. The lowest BCUT2D eigenvalue weighted by atomic mass is 10.1. The van der Waals surface area contributed by atoms with E-state index in [9.17, 15) is 4.79 Å². The summed E-state index contributed by atoms with van der Waals surface area (Å²) in [5.41, 5.74) is 10.7. The van der Waals surface area contributed by atoms with Gasteiger partial charge in [-0.2, -0.15) is 0 Å². The summed E-state index contributed by atoms with van der Waals surface area (Å²) in [5, 5.41) is 0. The number of nitrogens with zero attached hydrogens (tertiary/aromatic N) is 6. The van der Waals surface area contributed by atoms with Crippen LogP contribution in [0.25, 0.3) is 11.0 Å². The molecule has 0 radical (unpaired) electrons. The number of hydrogen-bond donors (Lipinski definition) is 1. The number of piperazine rings is 1. The SMILES string of the molecule is Cc1nc2cnc(N)c(C#Cc3cncc(C(=O)N4CCN(C)CC4)c3)c2nc1C. The largest absolute Gasteiger partial charge is 0.383 e. The average Bonchev–Trinajstić information content (AvgIpc) is 2.74. The zero-order valence-corrected chi connectivity index (χ0v) is 17.3. The Hall–Kier alpha value is -3.57. The number of nitrogen functional groups attached to an aromatic ring is 1. The van der Waals surface area contributed by atoms with Crippen LogP contribution in [0.1, 0.15) is 32.9 Å². The number of rotatable bonds is 1. The zero-order chi connectivity index (χ0) is 21.3. The standard InChI is InChI=1S/C22H23N7O/c1-14-15(2)27-20-18(21(23)25-13-19(20)26-14)5-4-16-10-17(12-24-11-16)22(30)29-8-6-28(3)7-9-29/h10-13H,6-9H2,1-3H3,(H2,23,25). The second-order valence-electron chi connectivity index (χ2n) is 7.45. The molecule has 8 nitrogen and oxygen atoms in total. The second-order valence-corrected chi connectivity index (χ2v) is 7.45. The normalized spacial score (nSPS) is 14.4. The Labute approximate surface area is 175 Å². The number of nitrogens with two attached hydrogens (primary N) is 1. The molecule has 0 atom stereocenters. The van der Waals surface area contributed by atoms with Gasteiger partial charge in [0.15, 0.2) is 0 Å². The molecular weight excluding hydrogens is 378 g/mol. The summed E-state index contributed by atoms with van der Waals surface area (Å²) < 4.78 is 0. The molecule has 3 aromatic rings. The Morgan fingerprint density at radius 3 is 2.53 bits per heavy atom. The summed E-state index contributed by atoms with van der Waals surface area (Å²) in [6.07, 6.45) is 4.81.